The largest absolute Gasteiger partial charge is 0.497 e. The highest BCUT2D eigenvalue weighted by Gasteiger charge is 2.37. The molecule has 2 rings (SSSR count). The number of anilines is 1. The number of methoxy groups -OCH3 is 2. The number of amides is 1. The highest BCUT2D eigenvalue weighted by molar-refractivity contribution is 6.00. The van der Waals surface area contributed by atoms with E-state index in [9.17, 15) is 9.59 Å². The minimum Gasteiger partial charge on any atom is -0.497 e. The molecule has 1 saturated heterocycles. The fourth-order valence-electron chi connectivity index (χ4n) is 2.37. The van der Waals surface area contributed by atoms with Crippen LogP contribution in [0.1, 0.15) is 13.3 Å². The first kappa shape index (κ1) is 15.2. The van der Waals surface area contributed by atoms with Crippen molar-refractivity contribution >= 4 is 17.6 Å². The van der Waals surface area contributed by atoms with Crippen molar-refractivity contribution in [1.82, 2.24) is 0 Å². The van der Waals surface area contributed by atoms with E-state index in [-0.39, 0.29) is 18.3 Å². The molecule has 1 aliphatic rings. The smallest absolute Gasteiger partial charge is 0.311 e. The summed E-state index contributed by atoms with van der Waals surface area (Å²) >= 11 is 0. The Hall–Kier alpha value is -2.24. The van der Waals surface area contributed by atoms with Gasteiger partial charge in [-0.1, -0.05) is 0 Å². The van der Waals surface area contributed by atoms with E-state index in [1.807, 2.05) is 0 Å². The van der Waals surface area contributed by atoms with E-state index >= 15 is 0 Å². The van der Waals surface area contributed by atoms with E-state index in [2.05, 4.69) is 0 Å². The zero-order valence-electron chi connectivity index (χ0n) is 12.4. The van der Waals surface area contributed by atoms with Gasteiger partial charge in [0.25, 0.3) is 0 Å². The number of nitrogens with zero attached hydrogens (tertiary/aromatic N) is 1. The quantitative estimate of drug-likeness (QED) is 0.772. The molecule has 0 aromatic heterocycles. The molecule has 1 aromatic carbocycles. The summed E-state index contributed by atoms with van der Waals surface area (Å²) in [4.78, 5) is 25.5. The summed E-state index contributed by atoms with van der Waals surface area (Å²) < 4.78 is 15.4. The summed E-state index contributed by atoms with van der Waals surface area (Å²) in [6.45, 7) is 2.35. The standard InChI is InChI=1S/C15H19NO5/c1-4-21-15(18)10-7-14(17)16(9-10)12-8-11(19-2)5-6-13(12)20-3/h5-6,8,10H,4,7,9H2,1-3H3. The van der Waals surface area contributed by atoms with Crippen LogP contribution in [-0.2, 0) is 14.3 Å². The van der Waals surface area contributed by atoms with E-state index in [0.29, 0.717) is 30.3 Å². The number of hydrogen-bond acceptors (Lipinski definition) is 5. The molecular weight excluding hydrogens is 274 g/mol. The van der Waals surface area contributed by atoms with Gasteiger partial charge in [0.2, 0.25) is 5.91 Å². The Kier molecular flexibility index (Phi) is 4.67. The molecule has 1 aromatic rings. The summed E-state index contributed by atoms with van der Waals surface area (Å²) in [5.74, 6) is 0.287. The van der Waals surface area contributed by atoms with Gasteiger partial charge in [0.1, 0.15) is 11.5 Å². The van der Waals surface area contributed by atoms with Crippen molar-refractivity contribution < 1.29 is 23.8 Å². The van der Waals surface area contributed by atoms with Crippen LogP contribution in [0.25, 0.3) is 0 Å². The molecule has 21 heavy (non-hydrogen) atoms. The van der Waals surface area contributed by atoms with Gasteiger partial charge in [0, 0.05) is 19.0 Å². The van der Waals surface area contributed by atoms with Crippen molar-refractivity contribution in [3.8, 4) is 11.5 Å². The second-order valence-corrected chi connectivity index (χ2v) is 4.70. The third-order valence-electron chi connectivity index (χ3n) is 3.42. The summed E-state index contributed by atoms with van der Waals surface area (Å²) in [5, 5.41) is 0. The monoisotopic (exact) mass is 293 g/mol. The zero-order valence-corrected chi connectivity index (χ0v) is 12.4. The first-order chi connectivity index (χ1) is 10.1. The number of benzene rings is 1. The second kappa shape index (κ2) is 6.47. The van der Waals surface area contributed by atoms with Gasteiger partial charge >= 0.3 is 5.97 Å². The van der Waals surface area contributed by atoms with Gasteiger partial charge in [0.15, 0.2) is 0 Å². The summed E-state index contributed by atoms with van der Waals surface area (Å²) in [5.41, 5.74) is 0.605. The van der Waals surface area contributed by atoms with Crippen molar-refractivity contribution in [2.24, 2.45) is 5.92 Å². The van der Waals surface area contributed by atoms with E-state index in [4.69, 9.17) is 14.2 Å². The first-order valence-electron chi connectivity index (χ1n) is 6.79. The molecule has 0 saturated carbocycles. The highest BCUT2D eigenvalue weighted by atomic mass is 16.5. The van der Waals surface area contributed by atoms with Gasteiger partial charge < -0.3 is 19.1 Å². The van der Waals surface area contributed by atoms with Gasteiger partial charge in [-0.3, -0.25) is 9.59 Å². The highest BCUT2D eigenvalue weighted by Crippen LogP contribution is 2.36. The van der Waals surface area contributed by atoms with Crippen LogP contribution < -0.4 is 14.4 Å². The average molecular weight is 293 g/mol. The van der Waals surface area contributed by atoms with Gasteiger partial charge in [-0.25, -0.2) is 0 Å². The minimum absolute atomic E-state index is 0.125. The third-order valence-corrected chi connectivity index (χ3v) is 3.42. The molecule has 0 N–H and O–H groups in total. The van der Waals surface area contributed by atoms with Crippen LogP contribution in [0.2, 0.25) is 0 Å². The fraction of sp³-hybridized carbons (Fsp3) is 0.467. The van der Waals surface area contributed by atoms with Crippen molar-refractivity contribution in [2.45, 2.75) is 13.3 Å². The van der Waals surface area contributed by atoms with Crippen LogP contribution in [0, 0.1) is 5.92 Å². The lowest BCUT2D eigenvalue weighted by Gasteiger charge is -2.20. The van der Waals surface area contributed by atoms with E-state index in [0.717, 1.165) is 0 Å². The number of rotatable bonds is 5. The molecule has 0 bridgehead atoms. The van der Waals surface area contributed by atoms with Gasteiger partial charge in [-0.15, -0.1) is 0 Å². The molecule has 1 unspecified atom stereocenters. The molecule has 0 aliphatic carbocycles. The normalized spacial score (nSPS) is 17.8. The summed E-state index contributed by atoms with van der Waals surface area (Å²) in [6, 6.07) is 5.22. The maximum absolute atomic E-state index is 12.2. The van der Waals surface area contributed by atoms with Crippen LogP contribution in [0.4, 0.5) is 5.69 Å². The maximum atomic E-state index is 12.2. The molecule has 6 heteroatoms. The molecule has 0 spiro atoms. The Balaban J connectivity index is 2.25. The summed E-state index contributed by atoms with van der Waals surface area (Å²) in [6.07, 6.45) is 0.152. The molecule has 0 radical (unpaired) electrons. The lowest BCUT2D eigenvalue weighted by atomic mass is 10.1. The fourth-order valence-corrected chi connectivity index (χ4v) is 2.37. The Morgan fingerprint density at radius 1 is 1.33 bits per heavy atom. The Bertz CT molecular complexity index is 543. The Morgan fingerprint density at radius 2 is 2.10 bits per heavy atom. The predicted molar refractivity (Wildman–Crippen MR) is 76.6 cm³/mol. The van der Waals surface area contributed by atoms with Crippen LogP contribution in [-0.4, -0.2) is 39.2 Å². The first-order valence-corrected chi connectivity index (χ1v) is 6.79. The molecule has 1 amide bonds. The van der Waals surface area contributed by atoms with Gasteiger partial charge in [-0.2, -0.15) is 0 Å². The minimum atomic E-state index is -0.437. The van der Waals surface area contributed by atoms with E-state index in [1.165, 1.54) is 7.11 Å². The van der Waals surface area contributed by atoms with Gasteiger partial charge in [-0.05, 0) is 19.1 Å². The lowest BCUT2D eigenvalue weighted by molar-refractivity contribution is -0.147. The topological polar surface area (TPSA) is 65.1 Å². The zero-order chi connectivity index (χ0) is 15.4. The third kappa shape index (κ3) is 3.09. The SMILES string of the molecule is CCOC(=O)C1CC(=O)N(c2cc(OC)ccc2OC)C1. The summed E-state index contributed by atoms with van der Waals surface area (Å²) in [7, 11) is 3.09. The van der Waals surface area contributed by atoms with E-state index in [1.54, 1.807) is 37.1 Å². The molecule has 1 heterocycles. The number of ether oxygens (including phenoxy) is 3. The molecule has 1 fully saturated rings. The van der Waals surface area contributed by atoms with Crippen LogP contribution in [0.5, 0.6) is 11.5 Å². The molecule has 1 atom stereocenters. The van der Waals surface area contributed by atoms with Crippen molar-refractivity contribution in [3.05, 3.63) is 18.2 Å². The van der Waals surface area contributed by atoms with Crippen molar-refractivity contribution in [2.75, 3.05) is 32.3 Å². The number of esters is 1. The lowest BCUT2D eigenvalue weighted by Crippen LogP contribution is -2.26. The van der Waals surface area contributed by atoms with Crippen molar-refractivity contribution in [1.29, 1.82) is 0 Å². The van der Waals surface area contributed by atoms with Crippen molar-refractivity contribution in [3.63, 3.8) is 0 Å². The number of carbonyl (C=O) groups excluding carboxylic acids is 2. The number of hydrogen-bond donors (Lipinski definition) is 0. The Labute approximate surface area is 123 Å². The Morgan fingerprint density at radius 3 is 2.71 bits per heavy atom. The molecular formula is C15H19NO5. The van der Waals surface area contributed by atoms with E-state index < -0.39 is 5.92 Å². The predicted octanol–water partition coefficient (Wildman–Crippen LogP) is 1.62. The van der Waals surface area contributed by atoms with Gasteiger partial charge in [0.05, 0.1) is 32.4 Å². The van der Waals surface area contributed by atoms with Crippen LogP contribution in [0.15, 0.2) is 18.2 Å². The molecule has 6 nitrogen and oxygen atoms in total. The van der Waals surface area contributed by atoms with Crippen LogP contribution in [0.3, 0.4) is 0 Å². The number of carbonyl (C=O) groups is 2. The molecule has 114 valence electrons. The molecule has 1 aliphatic heterocycles. The maximum Gasteiger partial charge on any atom is 0.311 e. The second-order valence-electron chi connectivity index (χ2n) is 4.70. The van der Waals surface area contributed by atoms with Crippen LogP contribution >= 0.6 is 0 Å². The average Bonchev–Trinajstić information content (AvgIpc) is 2.88.